The normalized spacial score (nSPS) is 15.8. The summed E-state index contributed by atoms with van der Waals surface area (Å²) < 4.78 is 5.51. The van der Waals surface area contributed by atoms with Crippen LogP contribution >= 0.6 is 12.4 Å². The highest BCUT2D eigenvalue weighted by Crippen LogP contribution is 2.20. The van der Waals surface area contributed by atoms with Crippen LogP contribution in [-0.4, -0.2) is 47.1 Å². The lowest BCUT2D eigenvalue weighted by molar-refractivity contribution is -0.384. The summed E-state index contributed by atoms with van der Waals surface area (Å²) in [5, 5.41) is 19.6. The molecule has 0 aromatic heterocycles. The number of carboxylic acid groups (broad SMARTS) is 1. The SMILES string of the molecule is Cl.O=C(O)C1CCN(CCOc2cccc([N+](=O)[O-])c2)CC1. The summed E-state index contributed by atoms with van der Waals surface area (Å²) in [6.45, 7) is 2.61. The molecule has 1 saturated heterocycles. The Morgan fingerprint density at radius 2 is 2.09 bits per heavy atom. The quantitative estimate of drug-likeness (QED) is 0.635. The Kier molecular flexibility index (Phi) is 7.07. The number of non-ortho nitro benzene ring substituents is 1. The molecule has 1 aromatic carbocycles. The topological polar surface area (TPSA) is 92.9 Å². The first-order valence-corrected chi connectivity index (χ1v) is 6.88. The third-order valence-corrected chi connectivity index (χ3v) is 3.64. The van der Waals surface area contributed by atoms with E-state index in [0.717, 1.165) is 13.1 Å². The van der Waals surface area contributed by atoms with Crippen molar-refractivity contribution in [3.05, 3.63) is 34.4 Å². The van der Waals surface area contributed by atoms with Gasteiger partial charge in [0.05, 0.1) is 16.9 Å². The lowest BCUT2D eigenvalue weighted by Crippen LogP contribution is -2.38. The maximum atomic E-state index is 10.8. The zero-order valence-corrected chi connectivity index (χ0v) is 12.8. The second-order valence-corrected chi connectivity index (χ2v) is 5.06. The molecule has 1 heterocycles. The van der Waals surface area contributed by atoms with Gasteiger partial charge in [-0.2, -0.15) is 0 Å². The summed E-state index contributed by atoms with van der Waals surface area (Å²) in [6.07, 6.45) is 1.32. The first-order valence-electron chi connectivity index (χ1n) is 6.88. The van der Waals surface area contributed by atoms with Gasteiger partial charge in [-0.3, -0.25) is 19.8 Å². The standard InChI is InChI=1S/C14H18N2O5.ClH/c17-14(18)11-4-6-15(7-5-11)8-9-21-13-3-1-2-12(10-13)16(19)20;/h1-3,10-11H,4-9H2,(H,17,18);1H. The van der Waals surface area contributed by atoms with Crippen LogP contribution in [-0.2, 0) is 4.79 Å². The van der Waals surface area contributed by atoms with E-state index in [2.05, 4.69) is 4.90 Å². The van der Waals surface area contributed by atoms with Crippen molar-refractivity contribution < 1.29 is 19.6 Å². The molecule has 0 aliphatic carbocycles. The van der Waals surface area contributed by atoms with E-state index in [-0.39, 0.29) is 24.0 Å². The van der Waals surface area contributed by atoms with Crippen LogP contribution in [0.1, 0.15) is 12.8 Å². The molecular weight excluding hydrogens is 312 g/mol. The maximum absolute atomic E-state index is 10.8. The van der Waals surface area contributed by atoms with Gasteiger partial charge < -0.3 is 9.84 Å². The molecule has 8 heteroatoms. The molecule has 0 spiro atoms. The highest BCUT2D eigenvalue weighted by atomic mass is 35.5. The average molecular weight is 331 g/mol. The summed E-state index contributed by atoms with van der Waals surface area (Å²) in [6, 6.07) is 6.09. The van der Waals surface area contributed by atoms with E-state index < -0.39 is 10.9 Å². The fourth-order valence-corrected chi connectivity index (χ4v) is 2.38. The minimum atomic E-state index is -0.720. The van der Waals surface area contributed by atoms with E-state index in [1.165, 1.54) is 12.1 Å². The minimum absolute atomic E-state index is 0. The number of rotatable bonds is 6. The molecule has 0 unspecified atom stereocenters. The molecule has 1 fully saturated rings. The largest absolute Gasteiger partial charge is 0.492 e. The second kappa shape index (κ2) is 8.55. The molecule has 1 aromatic rings. The van der Waals surface area contributed by atoms with Gasteiger partial charge in [0.15, 0.2) is 0 Å². The zero-order chi connectivity index (χ0) is 15.2. The molecule has 1 N–H and O–H groups in total. The van der Waals surface area contributed by atoms with Gasteiger partial charge in [-0.25, -0.2) is 0 Å². The highest BCUT2D eigenvalue weighted by Gasteiger charge is 2.24. The summed E-state index contributed by atoms with van der Waals surface area (Å²) >= 11 is 0. The van der Waals surface area contributed by atoms with E-state index in [1.54, 1.807) is 12.1 Å². The van der Waals surface area contributed by atoms with Gasteiger partial charge in [-0.1, -0.05) is 6.07 Å². The van der Waals surface area contributed by atoms with Crippen LogP contribution in [0.5, 0.6) is 5.75 Å². The minimum Gasteiger partial charge on any atom is -0.492 e. The average Bonchev–Trinajstić information content (AvgIpc) is 2.48. The van der Waals surface area contributed by atoms with Gasteiger partial charge in [-0.05, 0) is 32.0 Å². The Bertz CT molecular complexity index is 518. The third-order valence-electron chi connectivity index (χ3n) is 3.64. The van der Waals surface area contributed by atoms with E-state index in [0.29, 0.717) is 31.7 Å². The monoisotopic (exact) mass is 330 g/mol. The number of carbonyl (C=O) groups is 1. The molecule has 2 rings (SSSR count). The number of nitro groups is 1. The smallest absolute Gasteiger partial charge is 0.306 e. The van der Waals surface area contributed by atoms with Crippen molar-refractivity contribution in [1.82, 2.24) is 4.90 Å². The van der Waals surface area contributed by atoms with Crippen LogP contribution in [0.3, 0.4) is 0 Å². The van der Waals surface area contributed by atoms with Crippen molar-refractivity contribution in [2.75, 3.05) is 26.2 Å². The first-order chi connectivity index (χ1) is 10.1. The number of hydrogen-bond donors (Lipinski definition) is 1. The molecule has 22 heavy (non-hydrogen) atoms. The predicted octanol–water partition coefficient (Wildman–Crippen LogP) is 2.19. The zero-order valence-electron chi connectivity index (χ0n) is 12.0. The second-order valence-electron chi connectivity index (χ2n) is 5.06. The lowest BCUT2D eigenvalue weighted by atomic mass is 9.97. The number of nitro benzene ring substituents is 1. The first kappa shape index (κ1) is 18.2. The Balaban J connectivity index is 0.00000242. The maximum Gasteiger partial charge on any atom is 0.306 e. The molecule has 0 radical (unpaired) electrons. The molecule has 0 saturated carbocycles. The van der Waals surface area contributed by atoms with Gasteiger partial charge in [0, 0.05) is 12.6 Å². The number of likely N-dealkylation sites (tertiary alicyclic amines) is 1. The van der Waals surface area contributed by atoms with Gasteiger partial charge in [0.25, 0.3) is 5.69 Å². The van der Waals surface area contributed by atoms with Crippen molar-refractivity contribution in [3.8, 4) is 5.75 Å². The number of hydrogen-bond acceptors (Lipinski definition) is 5. The van der Waals surface area contributed by atoms with Crippen LogP contribution in [0.2, 0.25) is 0 Å². The van der Waals surface area contributed by atoms with Crippen LogP contribution in [0.4, 0.5) is 5.69 Å². The molecule has 0 amide bonds. The van der Waals surface area contributed by atoms with E-state index >= 15 is 0 Å². The summed E-state index contributed by atoms with van der Waals surface area (Å²) in [5.74, 6) is -0.481. The molecule has 122 valence electrons. The van der Waals surface area contributed by atoms with Crippen LogP contribution in [0.15, 0.2) is 24.3 Å². The Labute approximate surface area is 134 Å². The third kappa shape index (κ3) is 5.16. The fourth-order valence-electron chi connectivity index (χ4n) is 2.38. The number of aliphatic carboxylic acids is 1. The molecule has 1 aliphatic heterocycles. The summed E-state index contributed by atoms with van der Waals surface area (Å²) in [7, 11) is 0. The Morgan fingerprint density at radius 3 is 2.68 bits per heavy atom. The predicted molar refractivity (Wildman–Crippen MR) is 82.6 cm³/mol. The summed E-state index contributed by atoms with van der Waals surface area (Å²) in [4.78, 5) is 23.2. The number of benzene rings is 1. The number of ether oxygens (including phenoxy) is 1. The van der Waals surface area contributed by atoms with Crippen molar-refractivity contribution in [2.45, 2.75) is 12.8 Å². The molecule has 7 nitrogen and oxygen atoms in total. The van der Waals surface area contributed by atoms with Gasteiger partial charge in [0.1, 0.15) is 12.4 Å². The van der Waals surface area contributed by atoms with Crippen molar-refractivity contribution in [1.29, 1.82) is 0 Å². The molecule has 0 bridgehead atoms. The Morgan fingerprint density at radius 1 is 1.41 bits per heavy atom. The van der Waals surface area contributed by atoms with E-state index in [9.17, 15) is 14.9 Å². The summed E-state index contributed by atoms with van der Waals surface area (Å²) in [5.41, 5.74) is 0.00905. The highest BCUT2D eigenvalue weighted by molar-refractivity contribution is 5.85. The fraction of sp³-hybridized carbons (Fsp3) is 0.500. The number of nitrogens with zero attached hydrogens (tertiary/aromatic N) is 2. The van der Waals surface area contributed by atoms with Crippen molar-refractivity contribution >= 4 is 24.1 Å². The molecule has 0 atom stereocenters. The molecular formula is C14H19ClN2O5. The van der Waals surface area contributed by atoms with Crippen LogP contribution < -0.4 is 4.74 Å². The Hall–Kier alpha value is -1.86. The number of halogens is 1. The van der Waals surface area contributed by atoms with E-state index in [4.69, 9.17) is 9.84 Å². The van der Waals surface area contributed by atoms with Crippen molar-refractivity contribution in [3.63, 3.8) is 0 Å². The van der Waals surface area contributed by atoms with Crippen LogP contribution in [0, 0.1) is 16.0 Å². The molecule has 1 aliphatic rings. The number of piperidine rings is 1. The number of carboxylic acids is 1. The lowest BCUT2D eigenvalue weighted by Gasteiger charge is -2.29. The van der Waals surface area contributed by atoms with Gasteiger partial charge >= 0.3 is 5.97 Å². The van der Waals surface area contributed by atoms with Crippen molar-refractivity contribution in [2.24, 2.45) is 5.92 Å². The van der Waals surface area contributed by atoms with Crippen LogP contribution in [0.25, 0.3) is 0 Å². The van der Waals surface area contributed by atoms with Gasteiger partial charge in [0.2, 0.25) is 0 Å². The van der Waals surface area contributed by atoms with Gasteiger partial charge in [-0.15, -0.1) is 12.4 Å². The van der Waals surface area contributed by atoms with E-state index in [1.807, 2.05) is 0 Å².